The van der Waals surface area contributed by atoms with Crippen molar-refractivity contribution in [1.82, 2.24) is 0 Å². The minimum absolute atomic E-state index is 0.622. The van der Waals surface area contributed by atoms with Gasteiger partial charge in [0.1, 0.15) is 6.07 Å². The molecule has 0 fully saturated rings. The van der Waals surface area contributed by atoms with E-state index in [1.807, 2.05) is 73.0 Å². The van der Waals surface area contributed by atoms with Crippen LogP contribution in [0.1, 0.15) is 17.4 Å². The highest BCUT2D eigenvalue weighted by Gasteiger charge is 2.45. The second-order valence-corrected chi connectivity index (χ2v) is 11.0. The molecule has 0 aliphatic heterocycles. The zero-order valence-electron chi connectivity index (χ0n) is 16.5. The van der Waals surface area contributed by atoms with Crippen LogP contribution in [-0.2, 0) is 4.53 Å². The van der Waals surface area contributed by atoms with Gasteiger partial charge in [0.25, 0.3) is 0 Å². The summed E-state index contributed by atoms with van der Waals surface area (Å²) in [5.74, 6) is 0. The Morgan fingerprint density at radius 3 is 1.70 bits per heavy atom. The Kier molecular flexibility index (Phi) is 5.89. The van der Waals surface area contributed by atoms with E-state index in [0.29, 0.717) is 11.3 Å². The second kappa shape index (κ2) is 8.91. The van der Waals surface area contributed by atoms with E-state index in [2.05, 4.69) is 47.6 Å². The molecule has 5 heteroatoms. The number of thiophene rings is 1. The number of oxime groups is 1. The van der Waals surface area contributed by atoms with Crippen LogP contribution < -0.4 is 15.6 Å². The maximum Gasteiger partial charge on any atom is 0.380 e. The summed E-state index contributed by atoms with van der Waals surface area (Å²) < 4.78 is 6.60. The maximum atomic E-state index is 9.39. The molecule has 146 valence electrons. The van der Waals surface area contributed by atoms with Crippen molar-refractivity contribution in [2.24, 2.45) is 5.16 Å². The number of nitrogens with zero attached hydrogens (tertiary/aromatic N) is 2. The topological polar surface area (TPSA) is 45.4 Å². The number of hydrogen-bond donors (Lipinski definition) is 0. The summed E-state index contributed by atoms with van der Waals surface area (Å²) in [4.78, 5) is 0.842. The first-order chi connectivity index (χ1) is 14.8. The van der Waals surface area contributed by atoms with Crippen molar-refractivity contribution in [3.05, 3.63) is 113 Å². The Labute approximate surface area is 181 Å². The van der Waals surface area contributed by atoms with Gasteiger partial charge in [0.2, 0.25) is 0 Å². The molecule has 1 aromatic heterocycles. The molecule has 4 aromatic rings. The lowest BCUT2D eigenvalue weighted by atomic mass is 10.2. The molecule has 3 aromatic carbocycles. The van der Waals surface area contributed by atoms with Crippen molar-refractivity contribution in [1.29, 1.82) is 5.26 Å². The third-order valence-electron chi connectivity index (χ3n) is 4.97. The Morgan fingerprint density at radius 2 is 1.27 bits per heavy atom. The molecule has 30 heavy (non-hydrogen) atoms. The largest absolute Gasteiger partial charge is 0.438 e. The average Bonchev–Trinajstić information content (AvgIpc) is 3.31. The first-order valence-corrected chi connectivity index (χ1v) is 12.4. The fourth-order valence-corrected chi connectivity index (χ4v) is 7.90. The fraction of sp³-hybridized carbons (Fsp3) is 0.0400. The average molecular weight is 425 g/mol. The van der Waals surface area contributed by atoms with Gasteiger partial charge in [-0.2, -0.15) is 5.26 Å². The molecule has 4 rings (SSSR count). The fourth-order valence-electron chi connectivity index (χ4n) is 3.53. The first kappa shape index (κ1) is 19.8. The monoisotopic (exact) mass is 424 g/mol. The minimum Gasteiger partial charge on any atom is -0.438 e. The zero-order valence-corrected chi connectivity index (χ0v) is 18.3. The van der Waals surface area contributed by atoms with Crippen LogP contribution in [0.15, 0.2) is 108 Å². The molecule has 0 N–H and O–H groups in total. The molecular weight excluding hydrogens is 404 g/mol. The van der Waals surface area contributed by atoms with Crippen LogP contribution in [0.5, 0.6) is 0 Å². The van der Waals surface area contributed by atoms with Crippen LogP contribution in [0.4, 0.5) is 0 Å². The molecule has 1 heterocycles. The zero-order chi connectivity index (χ0) is 20.8. The molecule has 0 atom stereocenters. The number of rotatable bonds is 6. The van der Waals surface area contributed by atoms with Gasteiger partial charge in [0, 0.05) is 0 Å². The lowest BCUT2D eigenvalue weighted by Gasteiger charge is -2.30. The quantitative estimate of drug-likeness (QED) is 0.203. The van der Waals surface area contributed by atoms with Crippen molar-refractivity contribution in [2.45, 2.75) is 6.92 Å². The van der Waals surface area contributed by atoms with E-state index >= 15 is 0 Å². The van der Waals surface area contributed by atoms with Crippen molar-refractivity contribution < 1.29 is 4.53 Å². The van der Waals surface area contributed by atoms with Crippen molar-refractivity contribution in [3.8, 4) is 6.07 Å². The molecule has 0 radical (unpaired) electrons. The molecule has 0 amide bonds. The van der Waals surface area contributed by atoms with E-state index in [4.69, 9.17) is 4.53 Å². The van der Waals surface area contributed by atoms with Gasteiger partial charge in [-0.1, -0.05) is 91.0 Å². The third kappa shape index (κ3) is 3.71. The lowest BCUT2D eigenvalue weighted by molar-refractivity contribution is 0.349. The molecule has 0 saturated heterocycles. The summed E-state index contributed by atoms with van der Waals surface area (Å²) in [7, 11) is -2.89. The maximum absolute atomic E-state index is 9.39. The van der Waals surface area contributed by atoms with Crippen molar-refractivity contribution in [2.75, 3.05) is 0 Å². The number of hydrogen-bond acceptors (Lipinski definition) is 4. The highest BCUT2D eigenvalue weighted by Crippen LogP contribution is 2.18. The highest BCUT2D eigenvalue weighted by molar-refractivity contribution is 7.12. The van der Waals surface area contributed by atoms with E-state index in [1.54, 1.807) is 0 Å². The summed E-state index contributed by atoms with van der Waals surface area (Å²) in [6.07, 6.45) is 0. The molecule has 0 bridgehead atoms. The minimum atomic E-state index is -2.89. The van der Waals surface area contributed by atoms with E-state index < -0.39 is 8.32 Å². The van der Waals surface area contributed by atoms with Crippen LogP contribution in [-0.4, -0.2) is 14.0 Å². The normalized spacial score (nSPS) is 11.7. The van der Waals surface area contributed by atoms with Gasteiger partial charge in [-0.15, -0.1) is 16.5 Å². The molecule has 3 nitrogen and oxygen atoms in total. The van der Waals surface area contributed by atoms with Gasteiger partial charge in [0.05, 0.1) is 16.2 Å². The summed E-state index contributed by atoms with van der Waals surface area (Å²) in [6.45, 7) is 1.90. The number of nitriles is 1. The van der Waals surface area contributed by atoms with Gasteiger partial charge in [0.15, 0.2) is 0 Å². The molecular formula is C25H20N2OSSi. The first-order valence-electron chi connectivity index (χ1n) is 9.63. The Hall–Kier alpha value is -3.46. The van der Waals surface area contributed by atoms with Gasteiger partial charge in [-0.25, -0.2) is 0 Å². The van der Waals surface area contributed by atoms with E-state index in [1.165, 1.54) is 11.3 Å². The highest BCUT2D eigenvalue weighted by atomic mass is 32.1. The van der Waals surface area contributed by atoms with Crippen LogP contribution >= 0.6 is 11.3 Å². The molecule has 0 aliphatic carbocycles. The van der Waals surface area contributed by atoms with Crippen LogP contribution in [0, 0.1) is 11.3 Å². The van der Waals surface area contributed by atoms with Gasteiger partial charge < -0.3 is 4.53 Å². The standard InChI is InChI=1S/C25H20N2OSSi/c1-20(25-21(19-26)17-18-29-25)27-28-30(22-11-5-2-6-12-22,23-13-7-3-8-14-23)24-15-9-4-10-16-24/h2-18H,1H3. The van der Waals surface area contributed by atoms with E-state index in [9.17, 15) is 5.26 Å². The summed E-state index contributed by atoms with van der Waals surface area (Å²) in [5, 5.41) is 19.3. The van der Waals surface area contributed by atoms with Crippen LogP contribution in [0.3, 0.4) is 0 Å². The van der Waals surface area contributed by atoms with Gasteiger partial charge >= 0.3 is 8.32 Å². The molecule has 0 spiro atoms. The Morgan fingerprint density at radius 1 is 0.800 bits per heavy atom. The Balaban J connectivity index is 1.91. The molecule has 0 unspecified atom stereocenters. The smallest absolute Gasteiger partial charge is 0.380 e. The van der Waals surface area contributed by atoms with Gasteiger partial charge in [-0.05, 0) is 33.9 Å². The molecule has 0 aliphatic rings. The molecule has 0 saturated carbocycles. The number of benzene rings is 3. The van der Waals surface area contributed by atoms with Gasteiger partial charge in [-0.3, -0.25) is 0 Å². The predicted octanol–water partition coefficient (Wildman–Crippen LogP) is 4.03. The second-order valence-electron chi connectivity index (χ2n) is 6.82. The van der Waals surface area contributed by atoms with E-state index in [0.717, 1.165) is 20.4 Å². The Bertz CT molecular complexity index is 1090. The predicted molar refractivity (Wildman–Crippen MR) is 126 cm³/mol. The van der Waals surface area contributed by atoms with Crippen molar-refractivity contribution in [3.63, 3.8) is 0 Å². The van der Waals surface area contributed by atoms with E-state index in [-0.39, 0.29) is 0 Å². The third-order valence-corrected chi connectivity index (χ3v) is 9.80. The van der Waals surface area contributed by atoms with Crippen LogP contribution in [0.25, 0.3) is 0 Å². The SMILES string of the molecule is CC(=NO[Si](c1ccccc1)(c1ccccc1)c1ccccc1)c1sccc1C#N. The van der Waals surface area contributed by atoms with Crippen LogP contribution in [0.2, 0.25) is 0 Å². The summed E-state index contributed by atoms with van der Waals surface area (Å²) >= 11 is 1.50. The lowest BCUT2D eigenvalue weighted by Crippen LogP contribution is -2.68. The summed E-state index contributed by atoms with van der Waals surface area (Å²) in [5.41, 5.74) is 1.33. The van der Waals surface area contributed by atoms with Crippen molar-refractivity contribution >= 4 is 40.9 Å². The summed E-state index contributed by atoms with van der Waals surface area (Å²) in [6, 6.07) is 35.0.